The summed E-state index contributed by atoms with van der Waals surface area (Å²) in [4.78, 5) is 0. The van der Waals surface area contributed by atoms with Crippen molar-refractivity contribution in [3.05, 3.63) is 86.5 Å². The molecule has 4 rings (SSSR count). The first-order chi connectivity index (χ1) is 21.1. The number of hydrogen-bond donors (Lipinski definition) is 0. The van der Waals surface area contributed by atoms with Crippen molar-refractivity contribution in [2.24, 2.45) is 0 Å². The Kier molecular flexibility index (Phi) is 10.6. The molecule has 0 aromatic heterocycles. The third-order valence-corrected chi connectivity index (χ3v) is 8.48. The highest BCUT2D eigenvalue weighted by Gasteiger charge is 2.24. The van der Waals surface area contributed by atoms with Crippen LogP contribution in [0.25, 0.3) is 0 Å². The van der Waals surface area contributed by atoms with E-state index >= 15 is 0 Å². The van der Waals surface area contributed by atoms with Gasteiger partial charge in [0.2, 0.25) is 0 Å². The highest BCUT2D eigenvalue weighted by molar-refractivity contribution is 5.49. The van der Waals surface area contributed by atoms with Gasteiger partial charge >= 0.3 is 0 Å². The van der Waals surface area contributed by atoms with E-state index in [0.717, 1.165) is 50.6 Å². The van der Waals surface area contributed by atoms with Gasteiger partial charge in [0.05, 0.1) is 61.0 Å². The van der Waals surface area contributed by atoms with Crippen LogP contribution >= 0.6 is 0 Å². The van der Waals surface area contributed by atoms with Gasteiger partial charge in [-0.2, -0.15) is 0 Å². The van der Waals surface area contributed by atoms with Crippen molar-refractivity contribution >= 4 is 0 Å². The van der Waals surface area contributed by atoms with E-state index < -0.39 is 0 Å². The van der Waals surface area contributed by atoms with Crippen LogP contribution in [0.2, 0.25) is 0 Å². The Bertz CT molecular complexity index is 1230. The van der Waals surface area contributed by atoms with Crippen LogP contribution in [-0.2, 0) is 70.1 Å². The van der Waals surface area contributed by atoms with Crippen molar-refractivity contribution in [3.63, 3.8) is 0 Å². The average molecular weight is 619 g/mol. The number of benzene rings is 3. The van der Waals surface area contributed by atoms with Crippen LogP contribution in [-0.4, -0.2) is 21.3 Å². The van der Waals surface area contributed by atoms with E-state index in [1.54, 1.807) is 21.3 Å². The first-order valence-corrected chi connectivity index (χ1v) is 15.9. The third-order valence-electron chi connectivity index (χ3n) is 8.48. The fourth-order valence-electron chi connectivity index (χ4n) is 5.80. The van der Waals surface area contributed by atoms with Crippen molar-refractivity contribution in [1.82, 2.24) is 0 Å². The molecule has 0 N–H and O–H groups in total. The zero-order valence-corrected chi connectivity index (χ0v) is 29.7. The van der Waals surface area contributed by atoms with E-state index in [2.05, 4.69) is 98.7 Å². The number of rotatable bonds is 3. The van der Waals surface area contributed by atoms with Gasteiger partial charge in [-0.15, -0.1) is 0 Å². The minimum atomic E-state index is -0.0644. The van der Waals surface area contributed by atoms with Crippen LogP contribution in [0.3, 0.4) is 0 Å². The molecule has 0 radical (unpaired) electrons. The standard InChI is InChI=1S/C39H54O6/c1-37(2,3)31-13-25-19-43-21-27-15-32(38(4,5)6)17-29(35(27)41-11)23-45-24-30-18-33(39(7,8)9)16-28(36(30)42-12)22-44-20-26(14-31)34(25)40-10/h13-18H,19-24H2,1-12H3. The van der Waals surface area contributed by atoms with Gasteiger partial charge < -0.3 is 28.4 Å². The molecule has 6 nitrogen and oxygen atoms in total. The van der Waals surface area contributed by atoms with Gasteiger partial charge in [0.15, 0.2) is 0 Å². The predicted octanol–water partition coefficient (Wildman–Crippen LogP) is 9.07. The van der Waals surface area contributed by atoms with Gasteiger partial charge in [0, 0.05) is 33.4 Å². The maximum Gasteiger partial charge on any atom is 0.129 e. The van der Waals surface area contributed by atoms with Crippen LogP contribution in [0.1, 0.15) is 112 Å². The molecule has 0 amide bonds. The minimum absolute atomic E-state index is 0.0644. The monoisotopic (exact) mass is 618 g/mol. The SMILES string of the molecule is COc1c2cc(C(C)(C)C)cc1COCc1cc(C(C)(C)C)cc(c1OC)COCc1cc(C(C)(C)C)cc(c1OC)COC2. The van der Waals surface area contributed by atoms with Crippen molar-refractivity contribution in [2.45, 2.75) is 118 Å². The fourth-order valence-corrected chi connectivity index (χ4v) is 5.80. The summed E-state index contributed by atoms with van der Waals surface area (Å²) in [5.41, 5.74) is 9.39. The van der Waals surface area contributed by atoms with Crippen LogP contribution in [0.4, 0.5) is 0 Å². The summed E-state index contributed by atoms with van der Waals surface area (Å²) in [6, 6.07) is 13.2. The summed E-state index contributed by atoms with van der Waals surface area (Å²) in [6.45, 7) is 22.3. The molecule has 6 bridgehead atoms. The lowest BCUT2D eigenvalue weighted by Crippen LogP contribution is -2.15. The minimum Gasteiger partial charge on any atom is -0.496 e. The Morgan fingerprint density at radius 2 is 0.556 bits per heavy atom. The summed E-state index contributed by atoms with van der Waals surface area (Å²) in [7, 11) is 5.15. The second kappa shape index (κ2) is 13.7. The first-order valence-electron chi connectivity index (χ1n) is 15.9. The van der Waals surface area contributed by atoms with E-state index in [4.69, 9.17) is 28.4 Å². The van der Waals surface area contributed by atoms with Gasteiger partial charge in [-0.25, -0.2) is 0 Å². The van der Waals surface area contributed by atoms with Crippen LogP contribution in [0, 0.1) is 0 Å². The topological polar surface area (TPSA) is 55.4 Å². The van der Waals surface area contributed by atoms with Crippen molar-refractivity contribution in [2.75, 3.05) is 21.3 Å². The molecule has 0 unspecified atom stereocenters. The summed E-state index contributed by atoms with van der Waals surface area (Å²) in [6.07, 6.45) is 0. The molecule has 6 heteroatoms. The lowest BCUT2D eigenvalue weighted by atomic mass is 9.84. The Morgan fingerprint density at radius 1 is 0.378 bits per heavy atom. The molecule has 1 aliphatic rings. The highest BCUT2D eigenvalue weighted by atomic mass is 16.5. The highest BCUT2D eigenvalue weighted by Crippen LogP contribution is 2.37. The van der Waals surface area contributed by atoms with E-state index in [0.29, 0.717) is 39.6 Å². The molecule has 3 aromatic rings. The molecule has 1 aliphatic heterocycles. The second-order valence-electron chi connectivity index (χ2n) is 15.2. The molecule has 0 saturated carbocycles. The van der Waals surface area contributed by atoms with Crippen LogP contribution in [0.5, 0.6) is 17.2 Å². The Labute approximate surface area is 271 Å². The maximum absolute atomic E-state index is 6.43. The average Bonchev–Trinajstić information content (AvgIpc) is 2.94. The first kappa shape index (κ1) is 34.8. The predicted molar refractivity (Wildman–Crippen MR) is 181 cm³/mol. The maximum atomic E-state index is 6.43. The van der Waals surface area contributed by atoms with E-state index in [1.807, 2.05) is 0 Å². The zero-order chi connectivity index (χ0) is 33.2. The normalized spacial score (nSPS) is 15.2. The summed E-state index contributed by atoms with van der Waals surface area (Å²) in [5, 5.41) is 0. The fraction of sp³-hybridized carbons (Fsp3) is 0.538. The number of methoxy groups -OCH3 is 3. The Morgan fingerprint density at radius 3 is 0.689 bits per heavy atom. The summed E-state index contributed by atoms with van der Waals surface area (Å²) < 4.78 is 37.3. The molecule has 0 fully saturated rings. The molecule has 246 valence electrons. The van der Waals surface area contributed by atoms with Crippen LogP contribution < -0.4 is 14.2 Å². The molecule has 0 atom stereocenters. The Hall–Kier alpha value is -3.06. The quantitative estimate of drug-likeness (QED) is 0.292. The van der Waals surface area contributed by atoms with E-state index in [1.165, 1.54) is 16.7 Å². The molecule has 0 spiro atoms. The van der Waals surface area contributed by atoms with Gasteiger partial charge in [0.1, 0.15) is 17.2 Å². The number of hydrogen-bond acceptors (Lipinski definition) is 6. The Balaban J connectivity index is 1.90. The molecule has 1 heterocycles. The molecule has 3 aromatic carbocycles. The van der Waals surface area contributed by atoms with Crippen molar-refractivity contribution in [1.29, 1.82) is 0 Å². The summed E-state index contributed by atoms with van der Waals surface area (Å²) in [5.74, 6) is 2.39. The molecular weight excluding hydrogens is 564 g/mol. The molecular formula is C39H54O6. The molecule has 45 heavy (non-hydrogen) atoms. The third kappa shape index (κ3) is 8.21. The van der Waals surface area contributed by atoms with Gasteiger partial charge in [0.25, 0.3) is 0 Å². The molecule has 0 saturated heterocycles. The van der Waals surface area contributed by atoms with Crippen molar-refractivity contribution in [3.8, 4) is 17.2 Å². The van der Waals surface area contributed by atoms with Gasteiger partial charge in [-0.05, 0) is 69.3 Å². The lowest BCUT2D eigenvalue weighted by Gasteiger charge is -2.26. The van der Waals surface area contributed by atoms with Gasteiger partial charge in [-0.3, -0.25) is 0 Å². The number of ether oxygens (including phenoxy) is 6. The smallest absolute Gasteiger partial charge is 0.129 e. The zero-order valence-electron chi connectivity index (χ0n) is 29.7. The van der Waals surface area contributed by atoms with Crippen molar-refractivity contribution < 1.29 is 28.4 Å². The lowest BCUT2D eigenvalue weighted by molar-refractivity contribution is 0.0924. The number of fused-ring (bicyclic) bond motifs is 6. The largest absolute Gasteiger partial charge is 0.496 e. The van der Waals surface area contributed by atoms with E-state index in [-0.39, 0.29) is 16.2 Å². The van der Waals surface area contributed by atoms with Gasteiger partial charge in [-0.1, -0.05) is 62.3 Å². The molecule has 0 aliphatic carbocycles. The second-order valence-corrected chi connectivity index (χ2v) is 15.2. The van der Waals surface area contributed by atoms with Crippen LogP contribution in [0.15, 0.2) is 36.4 Å². The summed E-state index contributed by atoms with van der Waals surface area (Å²) >= 11 is 0. The van der Waals surface area contributed by atoms with E-state index in [9.17, 15) is 0 Å².